The van der Waals surface area contributed by atoms with Gasteiger partial charge in [-0.3, -0.25) is 5.32 Å². The Hall–Kier alpha value is -5.30. The Labute approximate surface area is 182 Å². The van der Waals surface area contributed by atoms with E-state index in [0.29, 0.717) is 0 Å². The van der Waals surface area contributed by atoms with Crippen LogP contribution in [0.3, 0.4) is 0 Å². The van der Waals surface area contributed by atoms with E-state index in [-0.39, 0.29) is 0 Å². The largest absolute Gasteiger partial charge is 0.351 e. The Balaban J connectivity index is -0.000000175. The van der Waals surface area contributed by atoms with Gasteiger partial charge in [-0.1, -0.05) is 60.7 Å². The molecule has 0 aromatic heterocycles. The second kappa shape index (κ2) is 30.4. The van der Waals surface area contributed by atoms with Gasteiger partial charge in [0.1, 0.15) is 0 Å². The zero-order valence-electron chi connectivity index (χ0n) is 16.6. The number of benzene rings is 2. The van der Waals surface area contributed by atoms with Crippen molar-refractivity contribution in [3.63, 3.8) is 0 Å². The van der Waals surface area contributed by atoms with Crippen molar-refractivity contribution < 1.29 is 28.8 Å². The molecule has 0 aliphatic carbocycles. The highest BCUT2D eigenvalue weighted by atomic mass is 16.2. The van der Waals surface area contributed by atoms with E-state index >= 15 is 0 Å². The van der Waals surface area contributed by atoms with Crippen LogP contribution in [-0.2, 0) is 25.6 Å². The van der Waals surface area contributed by atoms with Gasteiger partial charge in [0.05, 0.1) is 0 Å². The highest BCUT2D eigenvalue weighted by Crippen LogP contribution is 2.07. The van der Waals surface area contributed by atoms with Gasteiger partial charge in [-0.05, 0) is 17.5 Å². The number of imide groups is 1. The molecule has 0 fully saturated rings. The van der Waals surface area contributed by atoms with Crippen LogP contribution >= 0.6 is 0 Å². The van der Waals surface area contributed by atoms with E-state index in [4.69, 9.17) is 40.8 Å². The molecule has 2 aromatic rings. The third kappa shape index (κ3) is 39.7. The van der Waals surface area contributed by atoms with E-state index in [1.54, 1.807) is 5.32 Å². The standard InChI is InChI=1S/C13H12.C2H5N3O2.4CHNO/c1-3-7-12(8-4-1)11-13-9-5-2-6-10-13;3-1(6)5-2(4)7;4*2-1-3/h1-10H,11H2;(H5,3,4,5,6,7);4*2H. The molecule has 0 bridgehead atoms. The molecule has 0 aliphatic rings. The molecule has 2 aromatic carbocycles. The van der Waals surface area contributed by atoms with Crippen molar-refractivity contribution >= 4 is 36.4 Å². The van der Waals surface area contributed by atoms with Crippen LogP contribution in [0.4, 0.5) is 9.59 Å². The number of isocyanates is 4. The number of carbonyl (C=O) groups excluding carboxylic acids is 6. The van der Waals surface area contributed by atoms with Gasteiger partial charge in [0.15, 0.2) is 0 Å². The topological polar surface area (TPSA) is 262 Å². The van der Waals surface area contributed by atoms with Gasteiger partial charge < -0.3 is 11.5 Å². The molecule has 0 radical (unpaired) electrons. The minimum Gasteiger partial charge on any atom is -0.351 e. The monoisotopic (exact) mass is 443 g/mol. The van der Waals surface area contributed by atoms with Crippen LogP contribution in [0.5, 0.6) is 0 Å². The lowest BCUT2D eigenvalue weighted by atomic mass is 10.1. The lowest BCUT2D eigenvalue weighted by Gasteiger charge is -2.00. The van der Waals surface area contributed by atoms with Crippen LogP contribution < -0.4 is 16.8 Å². The zero-order valence-corrected chi connectivity index (χ0v) is 16.6. The summed E-state index contributed by atoms with van der Waals surface area (Å²) < 4.78 is 0. The smallest absolute Gasteiger partial charge is 0.320 e. The highest BCUT2D eigenvalue weighted by Gasteiger charge is 1.93. The van der Waals surface area contributed by atoms with Crippen molar-refractivity contribution in [1.29, 1.82) is 21.6 Å². The van der Waals surface area contributed by atoms with E-state index in [2.05, 4.69) is 72.1 Å². The molecule has 9 N–H and O–H groups in total. The lowest BCUT2D eigenvalue weighted by Crippen LogP contribution is -2.38. The van der Waals surface area contributed by atoms with E-state index in [1.165, 1.54) is 11.1 Å². The predicted octanol–water partition coefficient (Wildman–Crippen LogP) is 1.61. The number of amides is 4. The first-order valence-electron chi connectivity index (χ1n) is 7.83. The minimum absolute atomic E-state index is 0.750. The summed E-state index contributed by atoms with van der Waals surface area (Å²) in [6, 6.07) is 19.2. The summed E-state index contributed by atoms with van der Waals surface area (Å²) in [7, 11) is 0. The molecule has 0 aliphatic heterocycles. The molecular weight excluding hydrogens is 422 g/mol. The number of rotatable bonds is 2. The van der Waals surface area contributed by atoms with E-state index < -0.39 is 12.1 Å². The average molecular weight is 443 g/mol. The fourth-order valence-corrected chi connectivity index (χ4v) is 1.55. The number of carbonyl (C=O) groups is 2. The summed E-state index contributed by atoms with van der Waals surface area (Å²) in [4.78, 5) is 52.6. The molecule has 168 valence electrons. The van der Waals surface area contributed by atoms with E-state index in [1.807, 2.05) is 0 Å². The maximum absolute atomic E-state index is 9.62. The first-order valence-corrected chi connectivity index (χ1v) is 7.83. The quantitative estimate of drug-likeness (QED) is 0.267. The maximum Gasteiger partial charge on any atom is 0.320 e. The number of hydrogen-bond acceptors (Lipinski definition) is 10. The minimum atomic E-state index is -0.938. The van der Waals surface area contributed by atoms with Crippen molar-refractivity contribution in [3.05, 3.63) is 71.8 Å². The number of urea groups is 2. The molecule has 13 nitrogen and oxygen atoms in total. The van der Waals surface area contributed by atoms with Crippen molar-refractivity contribution in [2.75, 3.05) is 0 Å². The van der Waals surface area contributed by atoms with Gasteiger partial charge in [0.2, 0.25) is 24.3 Å². The normalized spacial score (nSPS) is 6.62. The van der Waals surface area contributed by atoms with Gasteiger partial charge in [-0.15, -0.1) is 0 Å². The molecule has 0 spiro atoms. The number of primary amides is 2. The molecule has 0 unspecified atom stereocenters. The van der Waals surface area contributed by atoms with Gasteiger partial charge in [0, 0.05) is 0 Å². The zero-order chi connectivity index (χ0) is 25.6. The Morgan fingerprint density at radius 1 is 0.625 bits per heavy atom. The fraction of sp³-hybridized carbons (Fsp3) is 0.0526. The number of nitrogens with two attached hydrogens (primary N) is 2. The molecule has 32 heavy (non-hydrogen) atoms. The molecule has 13 heteroatoms. The summed E-state index contributed by atoms with van der Waals surface area (Å²) in [5, 5.41) is 23.2. The van der Waals surface area contributed by atoms with Crippen molar-refractivity contribution in [2.24, 2.45) is 11.5 Å². The molecular formula is C19H21N7O6. The average Bonchev–Trinajstić information content (AvgIpc) is 2.71. The first-order chi connectivity index (χ1) is 15.2. The Bertz CT molecular complexity index is 783. The van der Waals surface area contributed by atoms with Crippen molar-refractivity contribution in [1.82, 2.24) is 5.32 Å². The summed E-state index contributed by atoms with van der Waals surface area (Å²) >= 11 is 0. The number of nitrogens with one attached hydrogen (secondary N) is 5. The van der Waals surface area contributed by atoms with Crippen molar-refractivity contribution in [2.45, 2.75) is 6.42 Å². The summed E-state index contributed by atoms with van der Waals surface area (Å²) in [5.41, 5.74) is 11.6. The van der Waals surface area contributed by atoms with Gasteiger partial charge in [-0.25, -0.2) is 50.4 Å². The van der Waals surface area contributed by atoms with Gasteiger partial charge in [-0.2, -0.15) is 0 Å². The van der Waals surface area contributed by atoms with Crippen molar-refractivity contribution in [3.8, 4) is 0 Å². The molecule has 0 saturated heterocycles. The molecule has 0 heterocycles. The highest BCUT2D eigenvalue weighted by molar-refractivity contribution is 5.91. The second-order valence-electron chi connectivity index (χ2n) is 4.41. The van der Waals surface area contributed by atoms with Crippen LogP contribution in [0.25, 0.3) is 0 Å². The first kappa shape index (κ1) is 34.2. The summed E-state index contributed by atoms with van der Waals surface area (Å²) in [5.74, 6) is 0. The van der Waals surface area contributed by atoms with Crippen LogP contribution in [0.2, 0.25) is 0 Å². The van der Waals surface area contributed by atoms with Crippen LogP contribution in [-0.4, -0.2) is 36.4 Å². The lowest BCUT2D eigenvalue weighted by molar-refractivity contribution is 0.236. The fourth-order valence-electron chi connectivity index (χ4n) is 1.55. The Kier molecular flexibility index (Phi) is 32.5. The molecule has 2 rings (SSSR count). The van der Waals surface area contributed by atoms with Crippen LogP contribution in [0.15, 0.2) is 60.7 Å². The summed E-state index contributed by atoms with van der Waals surface area (Å²) in [6.07, 6.45) is 4.03. The van der Waals surface area contributed by atoms with Crippen LogP contribution in [0.1, 0.15) is 11.1 Å². The third-order valence-electron chi connectivity index (χ3n) is 2.34. The molecule has 0 atom stereocenters. The maximum atomic E-state index is 9.62. The van der Waals surface area contributed by atoms with Gasteiger partial charge in [0.25, 0.3) is 0 Å². The number of hydrogen-bond donors (Lipinski definition) is 7. The Morgan fingerprint density at radius 2 is 0.844 bits per heavy atom. The third-order valence-corrected chi connectivity index (χ3v) is 2.34. The SMILES string of the molecule is N=C=O.N=C=O.N=C=O.N=C=O.NC(=O)NC(N)=O.c1ccc(Cc2ccccc2)cc1. The molecule has 0 saturated carbocycles. The second-order valence-corrected chi connectivity index (χ2v) is 4.41. The van der Waals surface area contributed by atoms with E-state index in [0.717, 1.165) is 30.7 Å². The Morgan fingerprint density at radius 3 is 1.00 bits per heavy atom. The van der Waals surface area contributed by atoms with Crippen LogP contribution in [0, 0.1) is 21.6 Å². The predicted molar refractivity (Wildman–Crippen MR) is 112 cm³/mol. The summed E-state index contributed by atoms with van der Waals surface area (Å²) in [6.45, 7) is 0. The van der Waals surface area contributed by atoms with Gasteiger partial charge >= 0.3 is 12.1 Å². The van der Waals surface area contributed by atoms with E-state index in [9.17, 15) is 9.59 Å². The molecule has 4 amide bonds.